The SMILES string of the molecule is CC(C)(C#N)NC(=O)c1ccc2c(c1)CCO2. The summed E-state index contributed by atoms with van der Waals surface area (Å²) in [7, 11) is 0. The Morgan fingerprint density at radius 1 is 1.53 bits per heavy atom. The highest BCUT2D eigenvalue weighted by Gasteiger charge is 2.21. The highest BCUT2D eigenvalue weighted by molar-refractivity contribution is 5.95. The lowest BCUT2D eigenvalue weighted by Crippen LogP contribution is -2.42. The van der Waals surface area contributed by atoms with Crippen LogP contribution in [0.1, 0.15) is 29.8 Å². The van der Waals surface area contributed by atoms with E-state index >= 15 is 0 Å². The number of nitriles is 1. The average Bonchev–Trinajstić information content (AvgIpc) is 2.75. The fourth-order valence-electron chi connectivity index (χ4n) is 1.71. The monoisotopic (exact) mass is 230 g/mol. The van der Waals surface area contributed by atoms with Gasteiger partial charge in [0.2, 0.25) is 0 Å². The van der Waals surface area contributed by atoms with Gasteiger partial charge in [-0.3, -0.25) is 4.79 Å². The first-order valence-electron chi connectivity index (χ1n) is 5.51. The van der Waals surface area contributed by atoms with E-state index in [2.05, 4.69) is 5.32 Å². The summed E-state index contributed by atoms with van der Waals surface area (Å²) in [5.41, 5.74) is 0.761. The van der Waals surface area contributed by atoms with E-state index in [0.29, 0.717) is 12.2 Å². The van der Waals surface area contributed by atoms with Crippen molar-refractivity contribution in [3.8, 4) is 11.8 Å². The van der Waals surface area contributed by atoms with Crippen molar-refractivity contribution in [1.29, 1.82) is 5.26 Å². The highest BCUT2D eigenvalue weighted by atomic mass is 16.5. The van der Waals surface area contributed by atoms with E-state index in [1.807, 2.05) is 12.1 Å². The Morgan fingerprint density at radius 2 is 2.29 bits per heavy atom. The fraction of sp³-hybridized carbons (Fsp3) is 0.385. The van der Waals surface area contributed by atoms with Crippen molar-refractivity contribution in [2.45, 2.75) is 25.8 Å². The molecule has 0 saturated carbocycles. The molecule has 1 amide bonds. The predicted molar refractivity (Wildman–Crippen MR) is 62.8 cm³/mol. The molecule has 2 rings (SSSR count). The van der Waals surface area contributed by atoms with Crippen LogP contribution in [-0.2, 0) is 6.42 Å². The zero-order valence-electron chi connectivity index (χ0n) is 9.91. The van der Waals surface area contributed by atoms with Gasteiger partial charge in [0.1, 0.15) is 11.3 Å². The Balaban J connectivity index is 2.19. The number of ether oxygens (including phenoxy) is 1. The molecule has 1 aromatic rings. The number of hydrogen-bond acceptors (Lipinski definition) is 3. The molecular weight excluding hydrogens is 216 g/mol. The summed E-state index contributed by atoms with van der Waals surface area (Å²) in [6.45, 7) is 4.01. The van der Waals surface area contributed by atoms with E-state index in [4.69, 9.17) is 10.00 Å². The molecule has 1 heterocycles. The molecule has 0 fully saturated rings. The van der Waals surface area contributed by atoms with Gasteiger partial charge in [0.25, 0.3) is 5.91 Å². The number of benzene rings is 1. The van der Waals surface area contributed by atoms with E-state index in [1.54, 1.807) is 26.0 Å². The van der Waals surface area contributed by atoms with E-state index in [1.165, 1.54) is 0 Å². The number of fused-ring (bicyclic) bond motifs is 1. The molecule has 0 aromatic heterocycles. The first kappa shape index (κ1) is 11.5. The van der Waals surface area contributed by atoms with Crippen LogP contribution >= 0.6 is 0 Å². The van der Waals surface area contributed by atoms with E-state index in [0.717, 1.165) is 17.7 Å². The molecule has 1 aromatic carbocycles. The van der Waals surface area contributed by atoms with E-state index in [-0.39, 0.29) is 5.91 Å². The quantitative estimate of drug-likeness (QED) is 0.840. The topological polar surface area (TPSA) is 62.1 Å². The zero-order valence-corrected chi connectivity index (χ0v) is 9.91. The van der Waals surface area contributed by atoms with Crippen LogP contribution in [0.5, 0.6) is 5.75 Å². The summed E-state index contributed by atoms with van der Waals surface area (Å²) < 4.78 is 5.37. The van der Waals surface area contributed by atoms with Gasteiger partial charge in [-0.1, -0.05) is 0 Å². The molecule has 1 N–H and O–H groups in total. The van der Waals surface area contributed by atoms with Crippen molar-refractivity contribution in [2.75, 3.05) is 6.61 Å². The van der Waals surface area contributed by atoms with Crippen LogP contribution < -0.4 is 10.1 Å². The minimum absolute atomic E-state index is 0.230. The van der Waals surface area contributed by atoms with Crippen LogP contribution in [0.25, 0.3) is 0 Å². The van der Waals surface area contributed by atoms with Crippen molar-refractivity contribution in [3.63, 3.8) is 0 Å². The molecule has 0 saturated heterocycles. The van der Waals surface area contributed by atoms with Gasteiger partial charge < -0.3 is 10.1 Å². The molecule has 0 atom stereocenters. The van der Waals surface area contributed by atoms with Crippen molar-refractivity contribution in [1.82, 2.24) is 5.32 Å². The van der Waals surface area contributed by atoms with Crippen LogP contribution in [-0.4, -0.2) is 18.1 Å². The van der Waals surface area contributed by atoms with Crippen LogP contribution in [0.15, 0.2) is 18.2 Å². The van der Waals surface area contributed by atoms with Crippen molar-refractivity contribution in [2.24, 2.45) is 0 Å². The van der Waals surface area contributed by atoms with Crippen molar-refractivity contribution in [3.05, 3.63) is 29.3 Å². The number of rotatable bonds is 2. The third kappa shape index (κ3) is 2.39. The van der Waals surface area contributed by atoms with E-state index in [9.17, 15) is 4.79 Å². The molecule has 0 bridgehead atoms. The van der Waals surface area contributed by atoms with Gasteiger partial charge in [-0.15, -0.1) is 0 Å². The van der Waals surface area contributed by atoms with Crippen LogP contribution in [0.2, 0.25) is 0 Å². The smallest absolute Gasteiger partial charge is 0.252 e. The maximum atomic E-state index is 11.9. The highest BCUT2D eigenvalue weighted by Crippen LogP contribution is 2.25. The largest absolute Gasteiger partial charge is 0.493 e. The summed E-state index contributed by atoms with van der Waals surface area (Å²) in [6, 6.07) is 7.38. The van der Waals surface area contributed by atoms with Crippen LogP contribution in [0, 0.1) is 11.3 Å². The average molecular weight is 230 g/mol. The second kappa shape index (κ2) is 4.10. The lowest BCUT2D eigenvalue weighted by atomic mass is 10.0. The minimum atomic E-state index is -0.855. The maximum absolute atomic E-state index is 11.9. The standard InChI is InChI=1S/C13H14N2O2/c1-13(2,8-14)15-12(16)10-3-4-11-9(7-10)5-6-17-11/h3-4,7H,5-6H2,1-2H3,(H,15,16). The van der Waals surface area contributed by atoms with Crippen LogP contribution in [0.4, 0.5) is 0 Å². The number of hydrogen-bond donors (Lipinski definition) is 1. The summed E-state index contributed by atoms with van der Waals surface area (Å²) in [4.78, 5) is 11.9. The normalized spacial score (nSPS) is 13.5. The molecule has 17 heavy (non-hydrogen) atoms. The van der Waals surface area contributed by atoms with E-state index < -0.39 is 5.54 Å². The Kier molecular flexibility index (Phi) is 2.76. The maximum Gasteiger partial charge on any atom is 0.252 e. The summed E-state index contributed by atoms with van der Waals surface area (Å²) >= 11 is 0. The molecule has 0 radical (unpaired) electrons. The van der Waals surface area contributed by atoms with Gasteiger partial charge in [0, 0.05) is 12.0 Å². The summed E-state index contributed by atoms with van der Waals surface area (Å²) in [5.74, 6) is 0.618. The second-order valence-corrected chi connectivity index (χ2v) is 4.61. The summed E-state index contributed by atoms with van der Waals surface area (Å²) in [5, 5.41) is 11.5. The zero-order chi connectivity index (χ0) is 12.5. The molecular formula is C13H14N2O2. The lowest BCUT2D eigenvalue weighted by Gasteiger charge is -2.17. The third-order valence-corrected chi connectivity index (χ3v) is 2.66. The van der Waals surface area contributed by atoms with Crippen LogP contribution in [0.3, 0.4) is 0 Å². The summed E-state index contributed by atoms with van der Waals surface area (Å²) in [6.07, 6.45) is 0.831. The Labute approximate surface area is 100 Å². The van der Waals surface area contributed by atoms with Gasteiger partial charge in [-0.05, 0) is 37.6 Å². The molecule has 1 aliphatic rings. The fourth-order valence-corrected chi connectivity index (χ4v) is 1.71. The first-order valence-corrected chi connectivity index (χ1v) is 5.51. The van der Waals surface area contributed by atoms with Crippen molar-refractivity contribution >= 4 is 5.91 Å². The molecule has 0 spiro atoms. The number of nitrogens with one attached hydrogen (secondary N) is 1. The predicted octanol–water partition coefficient (Wildman–Crippen LogP) is 1.65. The number of carbonyl (C=O) groups is 1. The molecule has 0 aliphatic carbocycles. The number of amides is 1. The minimum Gasteiger partial charge on any atom is -0.493 e. The number of carbonyl (C=O) groups excluding carboxylic acids is 1. The molecule has 4 heteroatoms. The third-order valence-electron chi connectivity index (χ3n) is 2.66. The molecule has 1 aliphatic heterocycles. The van der Waals surface area contributed by atoms with Gasteiger partial charge in [0.05, 0.1) is 12.7 Å². The molecule has 88 valence electrons. The van der Waals surface area contributed by atoms with Gasteiger partial charge >= 0.3 is 0 Å². The molecule has 4 nitrogen and oxygen atoms in total. The van der Waals surface area contributed by atoms with Gasteiger partial charge in [0.15, 0.2) is 0 Å². The lowest BCUT2D eigenvalue weighted by molar-refractivity contribution is 0.0929. The Morgan fingerprint density at radius 3 is 3.00 bits per heavy atom. The van der Waals surface area contributed by atoms with Crippen molar-refractivity contribution < 1.29 is 9.53 Å². The molecule has 0 unspecified atom stereocenters. The van der Waals surface area contributed by atoms with Gasteiger partial charge in [-0.25, -0.2) is 0 Å². The number of nitrogens with zero attached hydrogens (tertiary/aromatic N) is 1. The first-order chi connectivity index (χ1) is 8.02. The Hall–Kier alpha value is -2.02. The second-order valence-electron chi connectivity index (χ2n) is 4.61. The Bertz CT molecular complexity index is 501. The van der Waals surface area contributed by atoms with Gasteiger partial charge in [-0.2, -0.15) is 5.26 Å².